The Bertz CT molecular complexity index is 281. The van der Waals surface area contributed by atoms with Crippen molar-refractivity contribution >= 4 is 0 Å². The minimum Gasteiger partial charge on any atom is -0.0676 e. The fourth-order valence-electron chi connectivity index (χ4n) is 4.28. The van der Waals surface area contributed by atoms with Crippen LogP contribution in [-0.2, 0) is 0 Å². The topological polar surface area (TPSA) is 0 Å². The lowest BCUT2D eigenvalue weighted by Crippen LogP contribution is -2.35. The van der Waals surface area contributed by atoms with E-state index < -0.39 is 0 Å². The Morgan fingerprint density at radius 1 is 0.765 bits per heavy atom. The van der Waals surface area contributed by atoms with Crippen molar-refractivity contribution in [1.82, 2.24) is 0 Å². The van der Waals surface area contributed by atoms with E-state index in [1.54, 1.807) is 11.1 Å². The molecule has 1 rings (SSSR count). The monoisotopic (exact) mass is 236 g/mol. The lowest BCUT2D eigenvalue weighted by atomic mass is 9.62. The van der Waals surface area contributed by atoms with Gasteiger partial charge in [-0.05, 0) is 41.9 Å². The molecule has 0 amide bonds. The lowest BCUT2D eigenvalue weighted by Gasteiger charge is -2.43. The second-order valence-electron chi connectivity index (χ2n) is 7.10. The van der Waals surface area contributed by atoms with Crippen LogP contribution < -0.4 is 0 Å². The third-order valence-corrected chi connectivity index (χ3v) is 4.99. The Labute approximate surface area is 109 Å². The van der Waals surface area contributed by atoms with Crippen molar-refractivity contribution in [3.8, 4) is 0 Å². The van der Waals surface area contributed by atoms with Gasteiger partial charge < -0.3 is 0 Å². The molecule has 0 saturated heterocycles. The Morgan fingerprint density at radius 2 is 1.24 bits per heavy atom. The normalized spacial score (nSPS) is 20.5. The van der Waals surface area contributed by atoms with E-state index in [2.05, 4.69) is 55.4 Å². The van der Waals surface area contributed by atoms with Crippen molar-refractivity contribution in [3.05, 3.63) is 11.1 Å². The van der Waals surface area contributed by atoms with Crippen molar-refractivity contribution in [2.24, 2.45) is 29.1 Å². The van der Waals surface area contributed by atoms with Gasteiger partial charge in [-0.2, -0.15) is 0 Å². The SMILES string of the molecule is CC(C)C1=C(C(C)C)C(C(C)C)(C(C)C)CC1. The molecule has 0 unspecified atom stereocenters. The zero-order chi connectivity index (χ0) is 13.4. The van der Waals surface area contributed by atoms with Gasteiger partial charge in [0.05, 0.1) is 0 Å². The Kier molecular flexibility index (Phi) is 4.49. The van der Waals surface area contributed by atoms with Gasteiger partial charge in [-0.25, -0.2) is 0 Å². The van der Waals surface area contributed by atoms with Gasteiger partial charge in [0, 0.05) is 0 Å². The summed E-state index contributed by atoms with van der Waals surface area (Å²) in [6, 6.07) is 0. The number of rotatable bonds is 4. The molecule has 0 heterocycles. The fourth-order valence-corrected chi connectivity index (χ4v) is 4.28. The predicted octanol–water partition coefficient (Wildman–Crippen LogP) is 5.69. The summed E-state index contributed by atoms with van der Waals surface area (Å²) in [5.41, 5.74) is 4.04. The van der Waals surface area contributed by atoms with E-state index in [1.165, 1.54) is 12.8 Å². The molecule has 0 fully saturated rings. The van der Waals surface area contributed by atoms with Crippen LogP contribution in [0.3, 0.4) is 0 Å². The van der Waals surface area contributed by atoms with Crippen LogP contribution in [0.1, 0.15) is 68.2 Å². The van der Waals surface area contributed by atoms with E-state index in [1.807, 2.05) is 0 Å². The zero-order valence-corrected chi connectivity index (χ0v) is 13.2. The van der Waals surface area contributed by atoms with Crippen molar-refractivity contribution in [2.45, 2.75) is 68.2 Å². The fraction of sp³-hybridized carbons (Fsp3) is 0.882. The summed E-state index contributed by atoms with van der Waals surface area (Å²) in [4.78, 5) is 0. The van der Waals surface area contributed by atoms with Crippen LogP contribution in [0.5, 0.6) is 0 Å². The van der Waals surface area contributed by atoms with Crippen LogP contribution in [-0.4, -0.2) is 0 Å². The summed E-state index contributed by atoms with van der Waals surface area (Å²) in [6.45, 7) is 19.2. The van der Waals surface area contributed by atoms with Crippen LogP contribution >= 0.6 is 0 Å². The summed E-state index contributed by atoms with van der Waals surface area (Å²) >= 11 is 0. The van der Waals surface area contributed by atoms with Gasteiger partial charge >= 0.3 is 0 Å². The molecule has 1 aliphatic rings. The molecular formula is C17H32. The first-order valence-electron chi connectivity index (χ1n) is 7.48. The quantitative estimate of drug-likeness (QED) is 0.550. The van der Waals surface area contributed by atoms with E-state index >= 15 is 0 Å². The molecule has 0 bridgehead atoms. The van der Waals surface area contributed by atoms with Gasteiger partial charge in [0.15, 0.2) is 0 Å². The number of hydrogen-bond acceptors (Lipinski definition) is 0. The van der Waals surface area contributed by atoms with E-state index in [4.69, 9.17) is 0 Å². The maximum Gasteiger partial charge on any atom is -0.00338 e. The maximum atomic E-state index is 2.42. The summed E-state index contributed by atoms with van der Waals surface area (Å²) in [7, 11) is 0. The minimum atomic E-state index is 0.466. The number of allylic oxidation sites excluding steroid dienone is 2. The van der Waals surface area contributed by atoms with Crippen LogP contribution in [0, 0.1) is 29.1 Å². The molecule has 0 N–H and O–H groups in total. The third-order valence-electron chi connectivity index (χ3n) is 4.99. The summed E-state index contributed by atoms with van der Waals surface area (Å²) < 4.78 is 0. The average molecular weight is 236 g/mol. The third kappa shape index (κ3) is 2.33. The highest BCUT2D eigenvalue weighted by atomic mass is 14.5. The van der Waals surface area contributed by atoms with E-state index in [0.29, 0.717) is 11.3 Å². The van der Waals surface area contributed by atoms with Crippen LogP contribution in [0.4, 0.5) is 0 Å². The van der Waals surface area contributed by atoms with Gasteiger partial charge in [0.1, 0.15) is 0 Å². The zero-order valence-electron chi connectivity index (χ0n) is 13.2. The van der Waals surface area contributed by atoms with Crippen LogP contribution in [0.25, 0.3) is 0 Å². The molecule has 0 aromatic heterocycles. The minimum absolute atomic E-state index is 0.466. The van der Waals surface area contributed by atoms with E-state index in [0.717, 1.165) is 17.8 Å². The van der Waals surface area contributed by atoms with Crippen molar-refractivity contribution in [1.29, 1.82) is 0 Å². The molecule has 0 radical (unpaired) electrons. The summed E-state index contributed by atoms with van der Waals surface area (Å²) in [6.07, 6.45) is 2.71. The van der Waals surface area contributed by atoms with Crippen LogP contribution in [0.15, 0.2) is 11.1 Å². The Hall–Kier alpha value is -0.260. The Morgan fingerprint density at radius 3 is 1.53 bits per heavy atom. The second-order valence-corrected chi connectivity index (χ2v) is 7.10. The van der Waals surface area contributed by atoms with Gasteiger partial charge in [0.2, 0.25) is 0 Å². The Balaban J connectivity index is 3.34. The molecule has 0 heteroatoms. The molecule has 0 atom stereocenters. The van der Waals surface area contributed by atoms with Gasteiger partial charge in [-0.15, -0.1) is 0 Å². The van der Waals surface area contributed by atoms with Crippen molar-refractivity contribution in [2.75, 3.05) is 0 Å². The highest BCUT2D eigenvalue weighted by Gasteiger charge is 2.46. The van der Waals surface area contributed by atoms with Crippen molar-refractivity contribution in [3.63, 3.8) is 0 Å². The smallest absolute Gasteiger partial charge is 0.00338 e. The molecule has 17 heavy (non-hydrogen) atoms. The molecule has 0 nitrogen and oxygen atoms in total. The summed E-state index contributed by atoms with van der Waals surface area (Å²) in [5, 5.41) is 0. The van der Waals surface area contributed by atoms with Gasteiger partial charge in [-0.1, -0.05) is 66.5 Å². The first kappa shape index (κ1) is 14.8. The molecule has 0 saturated carbocycles. The molecule has 0 spiro atoms. The molecule has 0 aromatic carbocycles. The molecule has 100 valence electrons. The van der Waals surface area contributed by atoms with Gasteiger partial charge in [0.25, 0.3) is 0 Å². The molecule has 1 aliphatic carbocycles. The number of hydrogen-bond donors (Lipinski definition) is 0. The summed E-state index contributed by atoms with van der Waals surface area (Å²) in [5.74, 6) is 2.96. The first-order chi connectivity index (χ1) is 7.75. The standard InChI is InChI=1S/C17H32/c1-11(2)15-9-10-17(13(5)6,14(7)8)16(15)12(3)4/h11-14H,9-10H2,1-8H3. The molecule has 0 aromatic rings. The molecular weight excluding hydrogens is 204 g/mol. The van der Waals surface area contributed by atoms with Gasteiger partial charge in [-0.3, -0.25) is 0 Å². The van der Waals surface area contributed by atoms with E-state index in [9.17, 15) is 0 Å². The highest BCUT2D eigenvalue weighted by Crippen LogP contribution is 2.56. The maximum absolute atomic E-state index is 2.42. The van der Waals surface area contributed by atoms with Crippen LogP contribution in [0.2, 0.25) is 0 Å². The predicted molar refractivity (Wildman–Crippen MR) is 78.0 cm³/mol. The average Bonchev–Trinajstić information content (AvgIpc) is 2.57. The second kappa shape index (κ2) is 5.16. The first-order valence-corrected chi connectivity index (χ1v) is 7.48. The highest BCUT2D eigenvalue weighted by molar-refractivity contribution is 5.32. The largest absolute Gasteiger partial charge is 0.0676 e. The van der Waals surface area contributed by atoms with E-state index in [-0.39, 0.29) is 0 Å². The lowest BCUT2D eigenvalue weighted by molar-refractivity contribution is 0.149. The molecule has 0 aliphatic heterocycles. The van der Waals surface area contributed by atoms with Crippen molar-refractivity contribution < 1.29 is 0 Å².